The molecule has 0 bridgehead atoms. The summed E-state index contributed by atoms with van der Waals surface area (Å²) in [6.07, 6.45) is 11.7. The quantitative estimate of drug-likeness (QED) is 0.621. The number of allylic oxidation sites excluding steroid dienone is 6. The fourth-order valence-electron chi connectivity index (χ4n) is 0.986. The van der Waals surface area contributed by atoms with Crippen LogP contribution in [-0.4, -0.2) is 0 Å². The summed E-state index contributed by atoms with van der Waals surface area (Å²) >= 11 is -0.0503. The van der Waals surface area contributed by atoms with Gasteiger partial charge in [0, 0.05) is 0 Å². The number of hydrogen-bond donors (Lipinski definition) is 0. The van der Waals surface area contributed by atoms with E-state index in [0.29, 0.717) is 0 Å². The Bertz CT molecular complexity index is 213. The first-order valence-corrected chi connectivity index (χ1v) is 5.15. The van der Waals surface area contributed by atoms with E-state index in [1.807, 2.05) is 0 Å². The summed E-state index contributed by atoms with van der Waals surface area (Å²) in [5, 5.41) is 0. The van der Waals surface area contributed by atoms with Crippen molar-refractivity contribution in [3.63, 3.8) is 0 Å². The predicted molar refractivity (Wildman–Crippen MR) is 41.8 cm³/mol. The molecule has 0 spiro atoms. The standard InChI is InChI=1S/C5H5.C3H3.ClH.Sc/c1-2-4-5-3-1;1-2-3-1;;/h1-3H,4H2;1H,2H2;1H;. The molecular formula is C8H9ClSc. The molecular weight excluding hydrogens is 176 g/mol. The molecule has 0 radical (unpaired) electrons. The van der Waals surface area contributed by atoms with E-state index in [2.05, 4.69) is 24.3 Å². The third-order valence-corrected chi connectivity index (χ3v) is 4.17. The smallest absolute Gasteiger partial charge is 0.147 e. The summed E-state index contributed by atoms with van der Waals surface area (Å²) in [5.74, 6) is 0. The van der Waals surface area contributed by atoms with Crippen molar-refractivity contribution < 1.29 is 22.9 Å². The van der Waals surface area contributed by atoms with Gasteiger partial charge < -0.3 is 0 Å². The maximum atomic E-state index is 2.37. The first kappa shape index (κ1) is 8.48. The summed E-state index contributed by atoms with van der Waals surface area (Å²) in [4.78, 5) is 0. The van der Waals surface area contributed by atoms with Gasteiger partial charge in [-0.05, 0) is 0 Å². The molecule has 0 fully saturated rings. The topological polar surface area (TPSA) is 0 Å². The van der Waals surface area contributed by atoms with Gasteiger partial charge in [-0.15, -0.1) is 12.4 Å². The molecule has 2 aliphatic rings. The fourth-order valence-corrected chi connectivity index (χ4v) is 3.00. The van der Waals surface area contributed by atoms with Crippen molar-refractivity contribution in [1.82, 2.24) is 0 Å². The molecule has 2 aliphatic carbocycles. The summed E-state index contributed by atoms with van der Waals surface area (Å²) < 4.78 is 3.52. The molecule has 0 amide bonds. The molecule has 0 atom stereocenters. The second kappa shape index (κ2) is 3.68. The van der Waals surface area contributed by atoms with Gasteiger partial charge in [-0.25, -0.2) is 0 Å². The van der Waals surface area contributed by atoms with E-state index < -0.39 is 0 Å². The Kier molecular flexibility index (Phi) is 3.12. The van der Waals surface area contributed by atoms with Crippen LogP contribution in [0.15, 0.2) is 31.0 Å². The number of hydrogen-bond acceptors (Lipinski definition) is 0. The molecule has 2 heteroatoms. The van der Waals surface area contributed by atoms with Crippen molar-refractivity contribution in [3.8, 4) is 0 Å². The van der Waals surface area contributed by atoms with Crippen LogP contribution >= 0.6 is 12.4 Å². The summed E-state index contributed by atoms with van der Waals surface area (Å²) in [6, 6.07) is 0. The molecule has 2 rings (SSSR count). The minimum Gasteiger partial charge on any atom is -0.147 e. The molecule has 0 heterocycles. The van der Waals surface area contributed by atoms with Crippen molar-refractivity contribution >= 4 is 12.4 Å². The van der Waals surface area contributed by atoms with Crippen molar-refractivity contribution in [2.24, 2.45) is 0 Å². The average molecular weight is 186 g/mol. The van der Waals surface area contributed by atoms with E-state index in [9.17, 15) is 0 Å². The van der Waals surface area contributed by atoms with Crippen LogP contribution in [0.1, 0.15) is 12.8 Å². The molecule has 0 nitrogen and oxygen atoms in total. The molecule has 0 aromatic rings. The maximum absolute atomic E-state index is 2.37. The number of halogens is 1. The van der Waals surface area contributed by atoms with Gasteiger partial charge in [-0.2, -0.15) is 0 Å². The van der Waals surface area contributed by atoms with Crippen LogP contribution in [0.2, 0.25) is 0 Å². The Morgan fingerprint density at radius 1 is 1.20 bits per heavy atom. The van der Waals surface area contributed by atoms with Gasteiger partial charge in [-0.1, -0.05) is 0 Å². The third-order valence-electron chi connectivity index (χ3n) is 1.61. The van der Waals surface area contributed by atoms with E-state index in [1.165, 1.54) is 12.8 Å². The van der Waals surface area contributed by atoms with E-state index in [-0.39, 0.29) is 35.3 Å². The Balaban J connectivity index is 0.000000500. The normalized spacial score (nSPS) is 18.8. The van der Waals surface area contributed by atoms with Crippen LogP contribution in [0.4, 0.5) is 0 Å². The van der Waals surface area contributed by atoms with Crippen molar-refractivity contribution in [3.05, 3.63) is 31.0 Å². The third kappa shape index (κ3) is 2.21. The minimum absolute atomic E-state index is 0. The van der Waals surface area contributed by atoms with Crippen LogP contribution in [0.25, 0.3) is 0 Å². The van der Waals surface area contributed by atoms with Crippen LogP contribution in [-0.2, 0) is 22.9 Å². The second-order valence-corrected chi connectivity index (χ2v) is 5.27. The maximum Gasteiger partial charge on any atom is -0.147 e. The van der Waals surface area contributed by atoms with Crippen molar-refractivity contribution in [2.45, 2.75) is 12.8 Å². The molecule has 0 aromatic heterocycles. The van der Waals surface area contributed by atoms with Gasteiger partial charge in [0.1, 0.15) is 0 Å². The molecule has 0 unspecified atom stereocenters. The molecule has 0 aliphatic heterocycles. The first-order chi connectivity index (χ1) is 4.45. The van der Waals surface area contributed by atoms with E-state index in [0.717, 1.165) is 0 Å². The summed E-state index contributed by atoms with van der Waals surface area (Å²) in [7, 11) is 0. The van der Waals surface area contributed by atoms with Crippen LogP contribution in [0.5, 0.6) is 0 Å². The molecule has 0 aromatic carbocycles. The van der Waals surface area contributed by atoms with Gasteiger partial charge in [0.25, 0.3) is 0 Å². The van der Waals surface area contributed by atoms with Gasteiger partial charge in [0.2, 0.25) is 0 Å². The molecule has 0 saturated carbocycles. The van der Waals surface area contributed by atoms with Crippen molar-refractivity contribution in [2.75, 3.05) is 0 Å². The molecule has 10 heavy (non-hydrogen) atoms. The number of rotatable bonds is 2. The monoisotopic (exact) mass is 185 g/mol. The van der Waals surface area contributed by atoms with E-state index in [1.54, 1.807) is 6.66 Å². The summed E-state index contributed by atoms with van der Waals surface area (Å²) in [6.45, 7) is 0. The zero-order valence-electron chi connectivity index (χ0n) is 5.71. The first-order valence-electron chi connectivity index (χ1n) is 3.34. The predicted octanol–water partition coefficient (Wildman–Crippen LogP) is 2.62. The Morgan fingerprint density at radius 2 is 2.00 bits per heavy atom. The Morgan fingerprint density at radius 3 is 2.50 bits per heavy atom. The zero-order chi connectivity index (χ0) is 6.10. The van der Waals surface area contributed by atoms with Gasteiger partial charge in [0.05, 0.1) is 0 Å². The van der Waals surface area contributed by atoms with E-state index in [4.69, 9.17) is 0 Å². The molecule has 0 N–H and O–H groups in total. The van der Waals surface area contributed by atoms with Gasteiger partial charge in [0.15, 0.2) is 0 Å². The minimum atomic E-state index is -0.0503. The average Bonchev–Trinajstić information content (AvgIpc) is 2.46. The van der Waals surface area contributed by atoms with Gasteiger partial charge >= 0.3 is 66.7 Å². The largest absolute Gasteiger partial charge is 0.147 e. The fraction of sp³-hybridized carbons (Fsp3) is 0.250. The zero-order valence-corrected chi connectivity index (χ0v) is 8.33. The second-order valence-electron chi connectivity index (χ2n) is 2.50. The van der Waals surface area contributed by atoms with Crippen LogP contribution < -0.4 is 0 Å². The molecule has 51 valence electrons. The molecule has 0 saturated heterocycles. The van der Waals surface area contributed by atoms with Gasteiger partial charge in [-0.3, -0.25) is 0 Å². The van der Waals surface area contributed by atoms with E-state index >= 15 is 0 Å². The van der Waals surface area contributed by atoms with Crippen molar-refractivity contribution in [1.29, 1.82) is 0 Å². The van der Waals surface area contributed by atoms with Crippen LogP contribution in [0, 0.1) is 0 Å². The SMILES string of the molecule is C1=CC[C]([Sc][C]2=CC2)=C1.Cl. The summed E-state index contributed by atoms with van der Waals surface area (Å²) in [5.41, 5.74) is 0. The van der Waals surface area contributed by atoms with Crippen LogP contribution in [0.3, 0.4) is 0 Å². The Labute approximate surface area is 78.9 Å². The Hall–Kier alpha value is 0.380.